The van der Waals surface area contributed by atoms with E-state index >= 15 is 0 Å². The van der Waals surface area contributed by atoms with E-state index in [2.05, 4.69) is 6.07 Å². The predicted molar refractivity (Wildman–Crippen MR) is 80.4 cm³/mol. The molecule has 0 saturated heterocycles. The van der Waals surface area contributed by atoms with E-state index in [1.807, 2.05) is 42.6 Å². The van der Waals surface area contributed by atoms with Crippen LogP contribution >= 0.6 is 11.3 Å². The Hall–Kier alpha value is -1.81. The maximum absolute atomic E-state index is 11.8. The molecule has 0 saturated carbocycles. The average molecular weight is 290 g/mol. The summed E-state index contributed by atoms with van der Waals surface area (Å²) in [6.07, 6.45) is 0.362. The lowest BCUT2D eigenvalue weighted by atomic mass is 9.94. The van der Waals surface area contributed by atoms with Gasteiger partial charge in [-0.1, -0.05) is 18.2 Å². The van der Waals surface area contributed by atoms with Crippen molar-refractivity contribution in [1.29, 1.82) is 0 Å². The van der Waals surface area contributed by atoms with Crippen molar-refractivity contribution in [3.05, 3.63) is 52.2 Å². The third kappa shape index (κ3) is 3.61. The van der Waals surface area contributed by atoms with Crippen LogP contribution in [0.5, 0.6) is 5.75 Å². The summed E-state index contributed by atoms with van der Waals surface area (Å²) in [7, 11) is 1.64. The fraction of sp³-hybridized carbons (Fsp3) is 0.312. The van der Waals surface area contributed by atoms with Crippen LogP contribution in [0.1, 0.15) is 29.7 Å². The van der Waals surface area contributed by atoms with Gasteiger partial charge in [0.25, 0.3) is 0 Å². The molecule has 1 aromatic heterocycles. The van der Waals surface area contributed by atoms with Crippen LogP contribution < -0.4 is 4.74 Å². The smallest absolute Gasteiger partial charge is 0.306 e. The molecule has 106 valence electrons. The van der Waals surface area contributed by atoms with Crippen molar-refractivity contribution in [1.82, 2.24) is 0 Å². The van der Waals surface area contributed by atoms with Crippen molar-refractivity contribution in [3.8, 4) is 5.75 Å². The zero-order chi connectivity index (χ0) is 14.4. The highest BCUT2D eigenvalue weighted by Gasteiger charge is 2.20. The van der Waals surface area contributed by atoms with E-state index in [1.165, 1.54) is 4.88 Å². The monoisotopic (exact) mass is 290 g/mol. The second kappa shape index (κ2) is 7.10. The number of carbonyl (C=O) groups is 1. The Morgan fingerprint density at radius 1 is 1.25 bits per heavy atom. The number of carbonyl (C=O) groups excluding carboxylic acids is 1. The highest BCUT2D eigenvalue weighted by molar-refractivity contribution is 7.10. The topological polar surface area (TPSA) is 35.5 Å². The van der Waals surface area contributed by atoms with Crippen LogP contribution in [0.4, 0.5) is 0 Å². The Kier molecular flexibility index (Phi) is 5.18. The van der Waals surface area contributed by atoms with Gasteiger partial charge in [0.15, 0.2) is 0 Å². The van der Waals surface area contributed by atoms with Crippen molar-refractivity contribution < 1.29 is 14.3 Å². The number of methoxy groups -OCH3 is 1. The summed E-state index contributed by atoms with van der Waals surface area (Å²) in [5.74, 6) is 0.691. The van der Waals surface area contributed by atoms with Gasteiger partial charge < -0.3 is 9.47 Å². The number of rotatable bonds is 6. The largest absolute Gasteiger partial charge is 0.497 e. The van der Waals surface area contributed by atoms with Crippen LogP contribution in [0.25, 0.3) is 0 Å². The summed E-state index contributed by atoms with van der Waals surface area (Å²) in [5.41, 5.74) is 1.10. The molecule has 1 aromatic carbocycles. The number of ether oxygens (including phenoxy) is 2. The summed E-state index contributed by atoms with van der Waals surface area (Å²) in [6, 6.07) is 11.9. The van der Waals surface area contributed by atoms with Gasteiger partial charge in [0, 0.05) is 10.8 Å². The van der Waals surface area contributed by atoms with Gasteiger partial charge in [0.05, 0.1) is 20.1 Å². The minimum Gasteiger partial charge on any atom is -0.497 e. The predicted octanol–water partition coefficient (Wildman–Crippen LogP) is 3.84. The Bertz CT molecular complexity index is 531. The first kappa shape index (κ1) is 14.6. The minimum absolute atomic E-state index is 0.0416. The first-order valence-corrected chi connectivity index (χ1v) is 7.45. The molecule has 0 aliphatic carbocycles. The molecule has 0 spiro atoms. The van der Waals surface area contributed by atoms with Gasteiger partial charge in [0.2, 0.25) is 0 Å². The maximum atomic E-state index is 11.8. The second-order valence-corrected chi connectivity index (χ2v) is 5.33. The van der Waals surface area contributed by atoms with Gasteiger partial charge in [-0.3, -0.25) is 4.79 Å². The van der Waals surface area contributed by atoms with E-state index in [1.54, 1.807) is 18.4 Å². The molecule has 2 aromatic rings. The fourth-order valence-corrected chi connectivity index (χ4v) is 2.95. The van der Waals surface area contributed by atoms with Crippen molar-refractivity contribution in [2.75, 3.05) is 13.7 Å². The number of esters is 1. The van der Waals surface area contributed by atoms with Crippen LogP contribution in [0.15, 0.2) is 41.8 Å². The standard InChI is InChI=1S/C16H18O3S/c1-3-19-16(17)11-14(15-5-4-10-20-15)12-6-8-13(18-2)9-7-12/h4-10,14H,3,11H2,1-2H3. The summed E-state index contributed by atoms with van der Waals surface area (Å²) in [5, 5.41) is 2.02. The zero-order valence-corrected chi connectivity index (χ0v) is 12.5. The third-order valence-electron chi connectivity index (χ3n) is 3.08. The number of hydrogen-bond donors (Lipinski definition) is 0. The van der Waals surface area contributed by atoms with Crippen molar-refractivity contribution in [2.24, 2.45) is 0 Å². The first-order valence-electron chi connectivity index (χ1n) is 6.57. The van der Waals surface area contributed by atoms with Crippen LogP contribution in [-0.4, -0.2) is 19.7 Å². The first-order chi connectivity index (χ1) is 9.74. The second-order valence-electron chi connectivity index (χ2n) is 4.35. The van der Waals surface area contributed by atoms with E-state index in [0.29, 0.717) is 13.0 Å². The number of thiophene rings is 1. The molecule has 0 aliphatic rings. The molecule has 0 amide bonds. The van der Waals surface area contributed by atoms with E-state index in [0.717, 1.165) is 11.3 Å². The van der Waals surface area contributed by atoms with Gasteiger partial charge in [-0.2, -0.15) is 0 Å². The van der Waals surface area contributed by atoms with Gasteiger partial charge in [-0.05, 0) is 36.1 Å². The lowest BCUT2D eigenvalue weighted by molar-refractivity contribution is -0.143. The van der Waals surface area contributed by atoms with E-state index < -0.39 is 0 Å². The molecule has 1 heterocycles. The summed E-state index contributed by atoms with van der Waals surface area (Å²) < 4.78 is 10.2. The molecule has 0 bridgehead atoms. The Labute approximate surface area is 123 Å². The van der Waals surface area contributed by atoms with Crippen LogP contribution in [-0.2, 0) is 9.53 Å². The highest BCUT2D eigenvalue weighted by atomic mass is 32.1. The molecule has 20 heavy (non-hydrogen) atoms. The Morgan fingerprint density at radius 2 is 2.00 bits per heavy atom. The molecular weight excluding hydrogens is 272 g/mol. The summed E-state index contributed by atoms with van der Waals surface area (Å²) in [6.45, 7) is 2.24. The number of hydrogen-bond acceptors (Lipinski definition) is 4. The molecule has 0 N–H and O–H groups in total. The molecule has 0 fully saturated rings. The van der Waals surface area contributed by atoms with Crippen LogP contribution in [0.2, 0.25) is 0 Å². The van der Waals surface area contributed by atoms with Crippen LogP contribution in [0, 0.1) is 0 Å². The Morgan fingerprint density at radius 3 is 2.55 bits per heavy atom. The maximum Gasteiger partial charge on any atom is 0.306 e. The SMILES string of the molecule is CCOC(=O)CC(c1ccc(OC)cc1)c1cccs1. The van der Waals surface area contributed by atoms with Crippen molar-refractivity contribution >= 4 is 17.3 Å². The van der Waals surface area contributed by atoms with E-state index in [-0.39, 0.29) is 11.9 Å². The van der Waals surface area contributed by atoms with Gasteiger partial charge in [-0.25, -0.2) is 0 Å². The molecule has 0 radical (unpaired) electrons. The molecule has 0 aliphatic heterocycles. The molecule has 3 nitrogen and oxygen atoms in total. The van der Waals surface area contributed by atoms with Gasteiger partial charge in [-0.15, -0.1) is 11.3 Å². The quantitative estimate of drug-likeness (QED) is 0.758. The zero-order valence-electron chi connectivity index (χ0n) is 11.7. The van der Waals surface area contributed by atoms with Crippen molar-refractivity contribution in [2.45, 2.75) is 19.3 Å². The molecule has 2 rings (SSSR count). The van der Waals surface area contributed by atoms with E-state index in [9.17, 15) is 4.79 Å². The third-order valence-corrected chi connectivity index (χ3v) is 4.07. The normalized spacial score (nSPS) is 11.9. The van der Waals surface area contributed by atoms with E-state index in [4.69, 9.17) is 9.47 Å². The average Bonchev–Trinajstić information content (AvgIpc) is 2.99. The molecule has 1 atom stereocenters. The van der Waals surface area contributed by atoms with Crippen molar-refractivity contribution in [3.63, 3.8) is 0 Å². The molecular formula is C16H18O3S. The lowest BCUT2D eigenvalue weighted by Gasteiger charge is -2.15. The van der Waals surface area contributed by atoms with Gasteiger partial charge in [0.1, 0.15) is 5.75 Å². The fourth-order valence-electron chi connectivity index (χ4n) is 2.10. The molecule has 4 heteroatoms. The van der Waals surface area contributed by atoms with Crippen LogP contribution in [0.3, 0.4) is 0 Å². The minimum atomic E-state index is -0.165. The number of benzene rings is 1. The van der Waals surface area contributed by atoms with Gasteiger partial charge >= 0.3 is 5.97 Å². The summed E-state index contributed by atoms with van der Waals surface area (Å²) >= 11 is 1.66. The summed E-state index contributed by atoms with van der Waals surface area (Å²) in [4.78, 5) is 13.0. The highest BCUT2D eigenvalue weighted by Crippen LogP contribution is 2.32. The Balaban J connectivity index is 2.23. The lowest BCUT2D eigenvalue weighted by Crippen LogP contribution is -2.10. The molecule has 1 unspecified atom stereocenters.